The second-order valence-corrected chi connectivity index (χ2v) is 4.92. The van der Waals surface area contributed by atoms with Gasteiger partial charge in [0.15, 0.2) is 0 Å². The van der Waals surface area contributed by atoms with E-state index in [-0.39, 0.29) is 0 Å². The molecule has 0 spiro atoms. The van der Waals surface area contributed by atoms with Crippen LogP contribution in [0.5, 0.6) is 0 Å². The van der Waals surface area contributed by atoms with E-state index in [0.29, 0.717) is 11.1 Å². The molecule has 3 unspecified atom stereocenters. The minimum Gasteiger partial charge on any atom is -0.309 e. The Kier molecular flexibility index (Phi) is 3.18. The molecule has 0 aromatic rings. The highest BCUT2D eigenvalue weighted by Gasteiger charge is 2.38. The van der Waals surface area contributed by atoms with Crippen molar-refractivity contribution in [2.24, 2.45) is 11.8 Å². The Balaban J connectivity index is 1.77. The lowest BCUT2D eigenvalue weighted by Gasteiger charge is -2.22. The van der Waals surface area contributed by atoms with Crippen molar-refractivity contribution in [3.63, 3.8) is 0 Å². The van der Waals surface area contributed by atoms with E-state index in [4.69, 9.17) is 23.2 Å². The molecule has 3 atom stereocenters. The molecule has 0 saturated heterocycles. The van der Waals surface area contributed by atoms with Gasteiger partial charge in [-0.2, -0.15) is 0 Å². The summed E-state index contributed by atoms with van der Waals surface area (Å²) in [7, 11) is 0. The van der Waals surface area contributed by atoms with Gasteiger partial charge in [-0.3, -0.25) is 0 Å². The first-order valence-electron chi connectivity index (χ1n) is 4.97. The average molecular weight is 220 g/mol. The number of rotatable bonds is 3. The molecule has 2 aliphatic rings. The van der Waals surface area contributed by atoms with E-state index in [0.717, 1.165) is 18.4 Å². The Morgan fingerprint density at radius 1 is 1.38 bits per heavy atom. The molecule has 2 rings (SSSR count). The normalized spacial score (nSPS) is 38.6. The zero-order chi connectivity index (χ0) is 9.26. The molecule has 74 valence electrons. The van der Waals surface area contributed by atoms with Gasteiger partial charge in [-0.05, 0) is 31.1 Å². The maximum atomic E-state index is 5.81. The van der Waals surface area contributed by atoms with Gasteiger partial charge in [-0.1, -0.05) is 29.6 Å². The molecule has 0 aromatic heterocycles. The Bertz CT molecular complexity index is 215. The molecule has 3 heteroatoms. The molecule has 1 N–H and O–H groups in total. The van der Waals surface area contributed by atoms with Crippen LogP contribution in [0.1, 0.15) is 25.7 Å². The highest BCUT2D eigenvalue weighted by molar-refractivity contribution is 6.36. The number of fused-ring (bicyclic) bond motifs is 2. The van der Waals surface area contributed by atoms with E-state index in [1.54, 1.807) is 0 Å². The van der Waals surface area contributed by atoms with Crippen molar-refractivity contribution < 1.29 is 0 Å². The summed E-state index contributed by atoms with van der Waals surface area (Å²) in [5.41, 5.74) is 1.45. The average Bonchev–Trinajstić information content (AvgIpc) is 2.74. The van der Waals surface area contributed by atoms with Crippen LogP contribution in [0.3, 0.4) is 0 Å². The number of hydrogen-bond acceptors (Lipinski definition) is 1. The van der Waals surface area contributed by atoms with Crippen molar-refractivity contribution in [1.29, 1.82) is 0 Å². The molecule has 2 fully saturated rings. The van der Waals surface area contributed by atoms with Crippen molar-refractivity contribution in [1.82, 2.24) is 5.32 Å². The van der Waals surface area contributed by atoms with Gasteiger partial charge in [0.05, 0.1) is 0 Å². The van der Waals surface area contributed by atoms with Crippen LogP contribution in [-0.2, 0) is 0 Å². The molecule has 0 aromatic carbocycles. The van der Waals surface area contributed by atoms with Crippen molar-refractivity contribution in [3.05, 3.63) is 10.6 Å². The zero-order valence-corrected chi connectivity index (χ0v) is 9.11. The second kappa shape index (κ2) is 4.20. The smallest absolute Gasteiger partial charge is 0.0432 e. The van der Waals surface area contributed by atoms with E-state index in [1.165, 1.54) is 31.2 Å². The third-order valence-corrected chi connectivity index (χ3v) is 4.01. The van der Waals surface area contributed by atoms with Crippen LogP contribution >= 0.6 is 23.2 Å². The Labute approximate surface area is 89.5 Å². The van der Waals surface area contributed by atoms with Crippen molar-refractivity contribution >= 4 is 23.2 Å². The van der Waals surface area contributed by atoms with Crippen LogP contribution in [0, 0.1) is 11.8 Å². The first-order chi connectivity index (χ1) is 6.29. The monoisotopic (exact) mass is 219 g/mol. The van der Waals surface area contributed by atoms with Crippen LogP contribution in [0.2, 0.25) is 0 Å². The Morgan fingerprint density at radius 2 is 2.23 bits per heavy atom. The summed E-state index contributed by atoms with van der Waals surface area (Å²) >= 11 is 11.3. The fraction of sp³-hybridized carbons (Fsp3) is 0.800. The van der Waals surface area contributed by atoms with Crippen LogP contribution in [-0.4, -0.2) is 12.6 Å². The quantitative estimate of drug-likeness (QED) is 0.770. The molecule has 0 aliphatic heterocycles. The lowest BCUT2D eigenvalue weighted by atomic mass is 9.95. The topological polar surface area (TPSA) is 12.0 Å². The van der Waals surface area contributed by atoms with Crippen LogP contribution in [0.25, 0.3) is 0 Å². The zero-order valence-electron chi connectivity index (χ0n) is 7.60. The standard InChI is InChI=1S/C10H15Cl2N/c11-5-9(12)6-13-10-4-7-1-2-8(10)3-7/h5,7-8,10,13H,1-4,6H2. The third kappa shape index (κ3) is 2.20. The first-order valence-corrected chi connectivity index (χ1v) is 5.79. The molecule has 2 saturated carbocycles. The Morgan fingerprint density at radius 3 is 2.77 bits per heavy atom. The van der Waals surface area contributed by atoms with Gasteiger partial charge in [0.2, 0.25) is 0 Å². The van der Waals surface area contributed by atoms with Gasteiger partial charge in [0.1, 0.15) is 0 Å². The van der Waals surface area contributed by atoms with Crippen LogP contribution in [0.4, 0.5) is 0 Å². The fourth-order valence-corrected chi connectivity index (χ4v) is 2.92. The third-order valence-electron chi connectivity index (χ3n) is 3.39. The SMILES string of the molecule is ClC=C(Cl)CNC1CC2CCC1C2. The summed E-state index contributed by atoms with van der Waals surface area (Å²) in [5, 5.41) is 4.19. The predicted octanol–water partition coefficient (Wildman–Crippen LogP) is 3.08. The highest BCUT2D eigenvalue weighted by Crippen LogP contribution is 2.44. The maximum Gasteiger partial charge on any atom is 0.0432 e. The maximum absolute atomic E-state index is 5.81. The van der Waals surface area contributed by atoms with Gasteiger partial charge in [-0.25, -0.2) is 0 Å². The molecule has 1 nitrogen and oxygen atoms in total. The molecule has 0 heterocycles. The summed E-state index contributed by atoms with van der Waals surface area (Å²) in [4.78, 5) is 0. The lowest BCUT2D eigenvalue weighted by Crippen LogP contribution is -2.34. The van der Waals surface area contributed by atoms with E-state index < -0.39 is 0 Å². The van der Waals surface area contributed by atoms with E-state index in [9.17, 15) is 0 Å². The van der Waals surface area contributed by atoms with Crippen molar-refractivity contribution in [3.8, 4) is 0 Å². The molecule has 2 aliphatic carbocycles. The lowest BCUT2D eigenvalue weighted by molar-refractivity contribution is 0.362. The van der Waals surface area contributed by atoms with Gasteiger partial charge in [-0.15, -0.1) is 0 Å². The van der Waals surface area contributed by atoms with Gasteiger partial charge in [0, 0.05) is 23.2 Å². The molecular formula is C10H15Cl2N. The summed E-state index contributed by atoms with van der Waals surface area (Å²) in [6.07, 6.45) is 5.63. The van der Waals surface area contributed by atoms with Crippen LogP contribution in [0.15, 0.2) is 10.6 Å². The van der Waals surface area contributed by atoms with E-state index in [2.05, 4.69) is 5.32 Å². The summed E-state index contributed by atoms with van der Waals surface area (Å²) in [6, 6.07) is 0.698. The van der Waals surface area contributed by atoms with Crippen LogP contribution < -0.4 is 5.32 Å². The predicted molar refractivity (Wildman–Crippen MR) is 57.0 cm³/mol. The van der Waals surface area contributed by atoms with Gasteiger partial charge in [0.25, 0.3) is 0 Å². The molecular weight excluding hydrogens is 205 g/mol. The summed E-state index contributed by atoms with van der Waals surface area (Å²) in [6.45, 7) is 0.735. The minimum atomic E-state index is 0.698. The van der Waals surface area contributed by atoms with E-state index in [1.807, 2.05) is 0 Å². The number of hydrogen-bond donors (Lipinski definition) is 1. The van der Waals surface area contributed by atoms with Gasteiger partial charge < -0.3 is 5.32 Å². The number of nitrogens with one attached hydrogen (secondary N) is 1. The fourth-order valence-electron chi connectivity index (χ4n) is 2.76. The highest BCUT2D eigenvalue weighted by atomic mass is 35.5. The largest absolute Gasteiger partial charge is 0.309 e. The second-order valence-electron chi connectivity index (χ2n) is 4.22. The molecule has 2 bridgehead atoms. The van der Waals surface area contributed by atoms with E-state index >= 15 is 0 Å². The molecule has 0 radical (unpaired) electrons. The Hall–Kier alpha value is 0.280. The number of halogens is 2. The van der Waals surface area contributed by atoms with Crippen molar-refractivity contribution in [2.45, 2.75) is 31.7 Å². The van der Waals surface area contributed by atoms with Crippen molar-refractivity contribution in [2.75, 3.05) is 6.54 Å². The van der Waals surface area contributed by atoms with Gasteiger partial charge >= 0.3 is 0 Å². The first kappa shape index (κ1) is 9.82. The molecule has 13 heavy (non-hydrogen) atoms. The molecule has 0 amide bonds. The summed E-state index contributed by atoms with van der Waals surface area (Å²) < 4.78 is 0. The minimum absolute atomic E-state index is 0.698. The summed E-state index contributed by atoms with van der Waals surface area (Å²) in [5.74, 6) is 1.89.